The molecule has 2 fully saturated rings. The first-order valence-corrected chi connectivity index (χ1v) is 22.4. The molecule has 1 amide bonds. The van der Waals surface area contributed by atoms with Crippen LogP contribution in [0.15, 0.2) is 60.3 Å². The summed E-state index contributed by atoms with van der Waals surface area (Å²) in [7, 11) is 7.19. The molecule has 59 heavy (non-hydrogen) atoms. The van der Waals surface area contributed by atoms with Crippen LogP contribution in [0.5, 0.6) is 11.5 Å². The van der Waals surface area contributed by atoms with Gasteiger partial charge in [-0.25, -0.2) is 0 Å². The van der Waals surface area contributed by atoms with Gasteiger partial charge in [0.05, 0.1) is 19.8 Å². The van der Waals surface area contributed by atoms with E-state index < -0.39 is 3.54 Å². The van der Waals surface area contributed by atoms with E-state index in [-0.39, 0.29) is 11.9 Å². The van der Waals surface area contributed by atoms with Crippen LogP contribution in [0.25, 0.3) is 5.57 Å². The highest BCUT2D eigenvalue weighted by molar-refractivity contribution is 8.16. The second-order valence-corrected chi connectivity index (χ2v) is 19.4. The third-order valence-electron chi connectivity index (χ3n) is 12.7. The summed E-state index contributed by atoms with van der Waals surface area (Å²) in [5.41, 5.74) is 8.89. The zero-order valence-electron chi connectivity index (χ0n) is 35.4. The largest absolute Gasteiger partial charge is 0.496 e. The molecule has 1 unspecified atom stereocenters. The van der Waals surface area contributed by atoms with Gasteiger partial charge in [-0.2, -0.15) is 0 Å². The number of amides is 1. The van der Waals surface area contributed by atoms with E-state index in [9.17, 15) is 9.59 Å². The lowest BCUT2D eigenvalue weighted by atomic mass is 9.87. The van der Waals surface area contributed by atoms with Crippen molar-refractivity contribution in [2.24, 2.45) is 5.92 Å². The molecule has 11 nitrogen and oxygen atoms in total. The molecule has 4 heterocycles. The van der Waals surface area contributed by atoms with Gasteiger partial charge in [0, 0.05) is 108 Å². The van der Waals surface area contributed by atoms with Crippen molar-refractivity contribution >= 4 is 61.3 Å². The minimum Gasteiger partial charge on any atom is -0.496 e. The van der Waals surface area contributed by atoms with Crippen LogP contribution in [-0.4, -0.2) is 135 Å². The number of anilines is 1. The van der Waals surface area contributed by atoms with Crippen molar-refractivity contribution in [2.45, 2.75) is 61.2 Å². The monoisotopic (exact) mass is 863 g/mol. The van der Waals surface area contributed by atoms with Gasteiger partial charge in [-0.15, -0.1) is 44.5 Å². The van der Waals surface area contributed by atoms with Gasteiger partial charge in [-0.1, -0.05) is 6.08 Å². The number of piperidine rings is 1. The Morgan fingerprint density at radius 2 is 1.75 bits per heavy atom. The van der Waals surface area contributed by atoms with Crippen molar-refractivity contribution < 1.29 is 19.1 Å². The number of likely N-dealkylation sites (N-methyl/N-ethyl adjacent to an activating group) is 1. The number of carbonyl (C=O) groups is 2. The molecule has 0 saturated carbocycles. The van der Waals surface area contributed by atoms with E-state index >= 15 is 0 Å². The summed E-state index contributed by atoms with van der Waals surface area (Å²) in [5.74, 6) is 2.41. The normalized spacial score (nSPS) is 19.0. The number of rotatable bonds is 18. The molecule has 4 aliphatic rings. The van der Waals surface area contributed by atoms with Crippen LogP contribution in [0.1, 0.15) is 65.6 Å². The molecule has 2 N–H and O–H groups in total. The lowest BCUT2D eigenvalue weighted by Crippen LogP contribution is -2.46. The Morgan fingerprint density at radius 3 is 2.37 bits per heavy atom. The Labute approximate surface area is 368 Å². The summed E-state index contributed by atoms with van der Waals surface area (Å²) in [6.07, 6.45) is 10.6. The number of benzene rings is 2. The summed E-state index contributed by atoms with van der Waals surface area (Å²) < 4.78 is 11.2. The first kappa shape index (κ1) is 45.4. The molecule has 0 bridgehead atoms. The average molecular weight is 864 g/mol. The van der Waals surface area contributed by atoms with Crippen molar-refractivity contribution in [1.29, 1.82) is 0 Å². The molecule has 0 radical (unpaired) electrons. The maximum absolute atomic E-state index is 12.0. The molecule has 2 aromatic carbocycles. The van der Waals surface area contributed by atoms with Crippen molar-refractivity contribution in [2.75, 3.05) is 98.7 Å². The van der Waals surface area contributed by atoms with Crippen molar-refractivity contribution in [3.05, 3.63) is 82.6 Å². The van der Waals surface area contributed by atoms with Gasteiger partial charge in [0.25, 0.3) is 0 Å². The molecule has 2 saturated heterocycles. The molecule has 0 aromatic heterocycles. The first-order chi connectivity index (χ1) is 28.4. The molecular weight excluding hydrogens is 799 g/mol. The van der Waals surface area contributed by atoms with E-state index in [1.165, 1.54) is 36.1 Å². The Morgan fingerprint density at radius 1 is 1.05 bits per heavy atom. The molecule has 1 atom stereocenters. The van der Waals surface area contributed by atoms with E-state index in [2.05, 4.69) is 110 Å². The molecule has 2 aromatic rings. The van der Waals surface area contributed by atoms with E-state index in [1.807, 2.05) is 19.2 Å². The zero-order chi connectivity index (χ0) is 42.1. The highest BCUT2D eigenvalue weighted by Gasteiger charge is 2.32. The molecule has 6 rings (SSSR count). The number of thiol groups is 3. The molecular formula is C45H65N7O4S3. The van der Waals surface area contributed by atoms with Gasteiger partial charge in [0.15, 0.2) is 3.54 Å². The quantitative estimate of drug-likeness (QED) is 0.0549. The van der Waals surface area contributed by atoms with E-state index in [0.29, 0.717) is 30.9 Å². The van der Waals surface area contributed by atoms with Crippen molar-refractivity contribution in [3.8, 4) is 11.5 Å². The van der Waals surface area contributed by atoms with Crippen LogP contribution >= 0.6 is 37.9 Å². The maximum Gasteiger partial charge on any atom is 0.219 e. The molecule has 0 aliphatic carbocycles. The number of methoxy groups -OCH3 is 2. The van der Waals surface area contributed by atoms with E-state index in [0.717, 1.165) is 118 Å². The summed E-state index contributed by atoms with van der Waals surface area (Å²) in [5, 5.41) is 6.21. The number of aldehydes is 1. The number of allylic oxidation sites excluding steroid dienone is 1. The average Bonchev–Trinajstić information content (AvgIpc) is 3.25. The Kier molecular flexibility index (Phi) is 16.3. The predicted octanol–water partition coefficient (Wildman–Crippen LogP) is 5.80. The van der Waals surface area contributed by atoms with Crippen molar-refractivity contribution in [1.82, 2.24) is 30.2 Å². The summed E-state index contributed by atoms with van der Waals surface area (Å²) >= 11 is 14.0. The van der Waals surface area contributed by atoms with Gasteiger partial charge in [-0.3, -0.25) is 19.4 Å². The lowest BCUT2D eigenvalue weighted by molar-refractivity contribution is -0.120. The fraction of sp³-hybridized carbons (Fsp3) is 0.556. The Bertz CT molecular complexity index is 1830. The Hall–Kier alpha value is -3.11. The van der Waals surface area contributed by atoms with Crippen LogP contribution < -0.4 is 25.0 Å². The first-order valence-electron chi connectivity index (χ1n) is 21.1. The third kappa shape index (κ3) is 11.6. The van der Waals surface area contributed by atoms with Crippen LogP contribution in [0.3, 0.4) is 0 Å². The molecule has 322 valence electrons. The topological polar surface area (TPSA) is 92.9 Å². The summed E-state index contributed by atoms with van der Waals surface area (Å²) in [4.78, 5) is 35.7. The second kappa shape index (κ2) is 21.1. The molecule has 4 aliphatic heterocycles. The number of nitrogens with zero attached hydrogens (tertiary/aromatic N) is 5. The van der Waals surface area contributed by atoms with Crippen LogP contribution in [0.4, 0.5) is 5.69 Å². The molecule has 0 spiro atoms. The van der Waals surface area contributed by atoms with Crippen LogP contribution in [0.2, 0.25) is 0 Å². The fourth-order valence-corrected chi connectivity index (χ4v) is 9.41. The number of hydrogen-bond donors (Lipinski definition) is 5. The van der Waals surface area contributed by atoms with Crippen LogP contribution in [-0.2, 0) is 17.9 Å². The van der Waals surface area contributed by atoms with Crippen LogP contribution in [0, 0.1) is 5.92 Å². The summed E-state index contributed by atoms with van der Waals surface area (Å²) in [6.45, 7) is 15.2. The number of ether oxygens (including phenoxy) is 2. The minimum atomic E-state index is -0.890. The number of piperazine rings is 1. The second-order valence-electron chi connectivity index (χ2n) is 16.4. The SMILES string of the molecule is C=CC(CCC(=O)NC)N(C)Cc1cc(N2CCC(CCN3CCN(Cc4c(OC)cc(C5=CN(C(S)(S)S)CC6=C5CCNC6)cc4OC)CC3)CC2)ccc1C=O. The van der Waals surface area contributed by atoms with Gasteiger partial charge in [0.1, 0.15) is 17.8 Å². The summed E-state index contributed by atoms with van der Waals surface area (Å²) in [6, 6.07) is 10.6. The van der Waals surface area contributed by atoms with E-state index in [1.54, 1.807) is 21.3 Å². The number of carbonyl (C=O) groups excluding carboxylic acids is 2. The number of nitrogens with one attached hydrogen (secondary N) is 2. The fourth-order valence-electron chi connectivity index (χ4n) is 9.02. The number of hydrogen-bond acceptors (Lipinski definition) is 13. The smallest absolute Gasteiger partial charge is 0.219 e. The van der Waals surface area contributed by atoms with Gasteiger partial charge in [0.2, 0.25) is 5.91 Å². The zero-order valence-corrected chi connectivity index (χ0v) is 38.1. The maximum atomic E-state index is 12.0. The standard InChI is InChI=1S/C45H65N7O4S3/c1-6-37(9-10-44(54)46-2)48(3)27-35-23-38(8-7-33(35)31-53)51-17-13-32(14-18-51)12-16-49-19-21-50(22-20-49)29-41-42(55-4)24-34(25-43(41)56-5)40-30-52(45(57,58)59)28-36-26-47-15-11-39(36)40/h6-8,23-25,30-32,37,47,57-59H,1,9-22,26-29H2,2-5H3,(H,46,54). The lowest BCUT2D eigenvalue weighted by Gasteiger charge is -2.39. The minimum absolute atomic E-state index is 0.0208. The third-order valence-corrected chi connectivity index (χ3v) is 13.5. The predicted molar refractivity (Wildman–Crippen MR) is 250 cm³/mol. The van der Waals surface area contributed by atoms with Gasteiger partial charge in [-0.05, 0) is 111 Å². The Balaban J connectivity index is 0.996. The van der Waals surface area contributed by atoms with Gasteiger partial charge >= 0.3 is 0 Å². The highest BCUT2D eigenvalue weighted by Crippen LogP contribution is 2.43. The van der Waals surface area contributed by atoms with Crippen molar-refractivity contribution in [3.63, 3.8) is 0 Å². The van der Waals surface area contributed by atoms with Gasteiger partial charge < -0.3 is 34.8 Å². The molecule has 14 heteroatoms. The highest BCUT2D eigenvalue weighted by atomic mass is 32.2. The van der Waals surface area contributed by atoms with E-state index in [4.69, 9.17) is 9.47 Å².